The minimum absolute atomic E-state index is 0.00453. The van der Waals surface area contributed by atoms with Crippen LogP contribution in [0.25, 0.3) is 0 Å². The fraction of sp³-hybridized carbons (Fsp3) is 0.143. The second-order valence-corrected chi connectivity index (χ2v) is 4.15. The quantitative estimate of drug-likeness (QED) is 0.803. The van der Waals surface area contributed by atoms with Gasteiger partial charge in [0.25, 0.3) is 0 Å². The van der Waals surface area contributed by atoms with Crippen LogP contribution in [-0.4, -0.2) is 24.3 Å². The molecule has 2 N–H and O–H groups in total. The summed E-state index contributed by atoms with van der Waals surface area (Å²) in [4.78, 5) is 0. The highest BCUT2D eigenvalue weighted by Gasteiger charge is 2.22. The van der Waals surface area contributed by atoms with Crippen LogP contribution in [0.5, 0.6) is 11.5 Å². The molecule has 2 rings (SSSR count). The third-order valence-electron chi connectivity index (χ3n) is 2.81. The summed E-state index contributed by atoms with van der Waals surface area (Å²) in [5.41, 5.74) is 0.856. The van der Waals surface area contributed by atoms with Crippen LogP contribution in [0.4, 0.5) is 4.39 Å². The van der Waals surface area contributed by atoms with Crippen LogP contribution in [-0.2, 0) is 6.61 Å². The van der Waals surface area contributed by atoms with Crippen molar-refractivity contribution in [3.8, 4) is 11.5 Å². The summed E-state index contributed by atoms with van der Waals surface area (Å²) in [6, 6.07) is 12.0. The fourth-order valence-electron chi connectivity index (χ4n) is 1.81. The molecule has 2 aromatic rings. The van der Waals surface area contributed by atoms with Gasteiger partial charge in [0.1, 0.15) is 6.61 Å². The molecule has 0 saturated heterocycles. The topological polar surface area (TPSA) is 58.9 Å². The normalized spacial score (nSPS) is 10.2. The average Bonchev–Trinajstić information content (AvgIpc) is 2.46. The van der Waals surface area contributed by atoms with Gasteiger partial charge in [-0.25, -0.2) is 0 Å². The Balaban J connectivity index is 2.21. The van der Waals surface area contributed by atoms with Gasteiger partial charge < -0.3 is 19.5 Å². The molecule has 0 aliphatic rings. The molecule has 0 atom stereocenters. The predicted octanol–water partition coefficient (Wildman–Crippen LogP) is 1.09. The van der Waals surface area contributed by atoms with E-state index in [1.54, 1.807) is 0 Å². The molecule has 0 amide bonds. The summed E-state index contributed by atoms with van der Waals surface area (Å²) in [6.45, 7) is 0.210. The minimum Gasteiger partial charge on any atom is -0.494 e. The van der Waals surface area contributed by atoms with E-state index in [-0.39, 0.29) is 23.6 Å². The van der Waals surface area contributed by atoms with Crippen LogP contribution in [0, 0.1) is 5.82 Å². The monoisotopic (exact) mass is 276 g/mol. The van der Waals surface area contributed by atoms with Crippen molar-refractivity contribution in [1.82, 2.24) is 0 Å². The van der Waals surface area contributed by atoms with Gasteiger partial charge in [0.15, 0.2) is 11.5 Å². The van der Waals surface area contributed by atoms with Crippen LogP contribution in [0.2, 0.25) is 0 Å². The zero-order valence-corrected chi connectivity index (χ0v) is 10.9. The van der Waals surface area contributed by atoms with Gasteiger partial charge in [-0.15, -0.1) is 0 Å². The van der Waals surface area contributed by atoms with Crippen molar-refractivity contribution in [3.63, 3.8) is 0 Å². The second-order valence-electron chi connectivity index (χ2n) is 4.15. The molecular weight excluding hydrogens is 262 g/mol. The standard InChI is InChI=1S/C14H14BFO4/c1-19-14-11(15(17)18)7-8-12(13(14)16)20-9-10-5-3-2-4-6-10/h2-8,17-18H,9H2,1H3. The van der Waals surface area contributed by atoms with Crippen molar-refractivity contribution in [1.29, 1.82) is 0 Å². The van der Waals surface area contributed by atoms with Gasteiger partial charge in [0.2, 0.25) is 5.82 Å². The summed E-state index contributed by atoms with van der Waals surface area (Å²) >= 11 is 0. The van der Waals surface area contributed by atoms with Gasteiger partial charge in [-0.05, 0) is 11.6 Å². The lowest BCUT2D eigenvalue weighted by atomic mass is 9.79. The van der Waals surface area contributed by atoms with Crippen LogP contribution in [0.3, 0.4) is 0 Å². The molecule has 0 radical (unpaired) electrons. The first-order chi connectivity index (χ1) is 9.63. The van der Waals surface area contributed by atoms with Gasteiger partial charge in [0.05, 0.1) is 7.11 Å². The lowest BCUT2D eigenvalue weighted by Crippen LogP contribution is -2.31. The van der Waals surface area contributed by atoms with Crippen molar-refractivity contribution < 1.29 is 23.9 Å². The lowest BCUT2D eigenvalue weighted by molar-refractivity contribution is 0.282. The van der Waals surface area contributed by atoms with E-state index in [4.69, 9.17) is 19.5 Å². The Hall–Kier alpha value is -2.05. The first kappa shape index (κ1) is 14.4. The molecule has 20 heavy (non-hydrogen) atoms. The molecule has 0 spiro atoms. The molecule has 104 valence electrons. The maximum absolute atomic E-state index is 14.1. The van der Waals surface area contributed by atoms with Crippen LogP contribution < -0.4 is 14.9 Å². The van der Waals surface area contributed by atoms with Gasteiger partial charge in [-0.2, -0.15) is 4.39 Å². The Labute approximate surface area is 116 Å². The first-order valence-corrected chi connectivity index (χ1v) is 6.02. The van der Waals surface area contributed by atoms with E-state index in [9.17, 15) is 4.39 Å². The van der Waals surface area contributed by atoms with Gasteiger partial charge in [-0.3, -0.25) is 0 Å². The summed E-state index contributed by atoms with van der Waals surface area (Å²) in [5, 5.41) is 18.3. The van der Waals surface area contributed by atoms with Crippen molar-refractivity contribution in [2.45, 2.75) is 6.61 Å². The minimum atomic E-state index is -1.80. The fourth-order valence-corrected chi connectivity index (χ4v) is 1.81. The third-order valence-corrected chi connectivity index (χ3v) is 2.81. The van der Waals surface area contributed by atoms with Crippen molar-refractivity contribution >= 4 is 12.6 Å². The summed E-state index contributed by atoms with van der Waals surface area (Å²) in [5.74, 6) is -0.991. The molecule has 0 saturated carbocycles. The van der Waals surface area contributed by atoms with Gasteiger partial charge in [-0.1, -0.05) is 36.4 Å². The van der Waals surface area contributed by atoms with Crippen molar-refractivity contribution in [2.75, 3.05) is 7.11 Å². The van der Waals surface area contributed by atoms with E-state index in [0.29, 0.717) is 0 Å². The van der Waals surface area contributed by atoms with Crippen LogP contribution in [0.1, 0.15) is 5.56 Å². The molecule has 0 heterocycles. The molecule has 0 fully saturated rings. The molecule has 0 aromatic heterocycles. The zero-order chi connectivity index (χ0) is 14.5. The summed E-state index contributed by atoms with van der Waals surface area (Å²) in [6.07, 6.45) is 0. The molecule has 0 aliphatic heterocycles. The Morgan fingerprint density at radius 3 is 2.40 bits per heavy atom. The molecule has 4 nitrogen and oxygen atoms in total. The Kier molecular flexibility index (Phi) is 4.60. The van der Waals surface area contributed by atoms with Crippen molar-refractivity contribution in [2.24, 2.45) is 0 Å². The molecule has 0 unspecified atom stereocenters. The maximum Gasteiger partial charge on any atom is 0.492 e. The molecular formula is C14H14BFO4. The van der Waals surface area contributed by atoms with E-state index in [1.165, 1.54) is 19.2 Å². The highest BCUT2D eigenvalue weighted by Crippen LogP contribution is 2.25. The number of benzene rings is 2. The number of hydrogen-bond donors (Lipinski definition) is 2. The lowest BCUT2D eigenvalue weighted by Gasteiger charge is -2.13. The molecule has 2 aromatic carbocycles. The average molecular weight is 276 g/mol. The maximum atomic E-state index is 14.1. The third kappa shape index (κ3) is 3.09. The number of halogens is 1. The van der Waals surface area contributed by atoms with E-state index in [0.717, 1.165) is 5.56 Å². The van der Waals surface area contributed by atoms with E-state index in [1.807, 2.05) is 30.3 Å². The van der Waals surface area contributed by atoms with Crippen LogP contribution >= 0.6 is 0 Å². The first-order valence-electron chi connectivity index (χ1n) is 6.02. The molecule has 6 heteroatoms. The van der Waals surface area contributed by atoms with Crippen LogP contribution in [0.15, 0.2) is 42.5 Å². The number of rotatable bonds is 5. The van der Waals surface area contributed by atoms with Gasteiger partial charge in [0, 0.05) is 5.46 Å². The SMILES string of the molecule is COc1c(B(O)O)ccc(OCc2ccccc2)c1F. The Bertz CT molecular complexity index is 575. The highest BCUT2D eigenvalue weighted by molar-refractivity contribution is 6.59. The summed E-state index contributed by atoms with van der Waals surface area (Å²) < 4.78 is 24.4. The van der Waals surface area contributed by atoms with E-state index < -0.39 is 12.9 Å². The number of ether oxygens (including phenoxy) is 2. The largest absolute Gasteiger partial charge is 0.494 e. The number of hydrogen-bond acceptors (Lipinski definition) is 4. The van der Waals surface area contributed by atoms with Gasteiger partial charge >= 0.3 is 7.12 Å². The Morgan fingerprint density at radius 2 is 1.80 bits per heavy atom. The zero-order valence-electron chi connectivity index (χ0n) is 10.9. The molecule has 0 bridgehead atoms. The van der Waals surface area contributed by atoms with Crippen molar-refractivity contribution in [3.05, 3.63) is 53.8 Å². The number of methoxy groups -OCH3 is 1. The van der Waals surface area contributed by atoms with E-state index >= 15 is 0 Å². The smallest absolute Gasteiger partial charge is 0.492 e. The Morgan fingerprint density at radius 1 is 1.10 bits per heavy atom. The predicted molar refractivity (Wildman–Crippen MR) is 73.6 cm³/mol. The second kappa shape index (κ2) is 6.41. The summed E-state index contributed by atoms with van der Waals surface area (Å²) in [7, 11) is -0.548. The van der Waals surface area contributed by atoms with E-state index in [2.05, 4.69) is 0 Å². The highest BCUT2D eigenvalue weighted by atomic mass is 19.1. The molecule has 0 aliphatic carbocycles.